The van der Waals surface area contributed by atoms with Crippen LogP contribution in [0.3, 0.4) is 0 Å². The Labute approximate surface area is 166 Å². The van der Waals surface area contributed by atoms with Gasteiger partial charge in [-0.15, -0.1) is 0 Å². The van der Waals surface area contributed by atoms with Gasteiger partial charge in [-0.25, -0.2) is 0 Å². The lowest BCUT2D eigenvalue weighted by Crippen LogP contribution is -2.17. The quantitative estimate of drug-likeness (QED) is 0.515. The van der Waals surface area contributed by atoms with Gasteiger partial charge in [0.2, 0.25) is 0 Å². The SMILES string of the molecule is C=C(C)Oc1cc(/C=C\N(C)C2C(CC)C2COC)cc(CC(C)(C)C)c1. The third kappa shape index (κ3) is 6.42. The van der Waals surface area contributed by atoms with Gasteiger partial charge in [0, 0.05) is 26.1 Å². The molecule has 1 aliphatic carbocycles. The van der Waals surface area contributed by atoms with Crippen molar-refractivity contribution in [1.29, 1.82) is 0 Å². The van der Waals surface area contributed by atoms with Crippen LogP contribution in [0.2, 0.25) is 0 Å². The van der Waals surface area contributed by atoms with Crippen LogP contribution >= 0.6 is 0 Å². The zero-order valence-electron chi connectivity index (χ0n) is 18.2. The molecular weight excluding hydrogens is 334 g/mol. The van der Waals surface area contributed by atoms with Gasteiger partial charge in [0.15, 0.2) is 0 Å². The van der Waals surface area contributed by atoms with Gasteiger partial charge < -0.3 is 14.4 Å². The highest BCUT2D eigenvalue weighted by molar-refractivity contribution is 5.54. The molecule has 1 aromatic carbocycles. The van der Waals surface area contributed by atoms with Gasteiger partial charge in [0.25, 0.3) is 0 Å². The molecule has 3 atom stereocenters. The summed E-state index contributed by atoms with van der Waals surface area (Å²) in [4.78, 5) is 2.34. The van der Waals surface area contributed by atoms with Crippen molar-refractivity contribution in [3.05, 3.63) is 47.9 Å². The van der Waals surface area contributed by atoms with E-state index >= 15 is 0 Å². The third-order valence-corrected chi connectivity index (χ3v) is 5.10. The van der Waals surface area contributed by atoms with Crippen LogP contribution in [-0.2, 0) is 11.2 Å². The summed E-state index contributed by atoms with van der Waals surface area (Å²) in [5.41, 5.74) is 2.69. The molecule has 0 heterocycles. The van der Waals surface area contributed by atoms with Crippen LogP contribution in [0.1, 0.15) is 52.2 Å². The number of rotatable bonds is 9. The van der Waals surface area contributed by atoms with Gasteiger partial charge in [-0.2, -0.15) is 0 Å². The first-order valence-corrected chi connectivity index (χ1v) is 10.0. The molecule has 3 nitrogen and oxygen atoms in total. The minimum Gasteiger partial charge on any atom is -0.463 e. The molecule has 3 heteroatoms. The summed E-state index contributed by atoms with van der Waals surface area (Å²) in [5, 5.41) is 0. The summed E-state index contributed by atoms with van der Waals surface area (Å²) in [6.07, 6.45) is 6.60. The van der Waals surface area contributed by atoms with E-state index in [1.165, 1.54) is 12.0 Å². The fraction of sp³-hybridized carbons (Fsp3) is 0.583. The van der Waals surface area contributed by atoms with Crippen LogP contribution in [0.25, 0.3) is 6.08 Å². The lowest BCUT2D eigenvalue weighted by atomic mass is 9.87. The first-order chi connectivity index (χ1) is 12.6. The lowest BCUT2D eigenvalue weighted by Gasteiger charge is -2.19. The molecule has 0 amide bonds. The molecule has 1 aliphatic rings. The predicted octanol–water partition coefficient (Wildman–Crippen LogP) is 5.76. The normalized spacial score (nSPS) is 22.1. The second-order valence-electron chi connectivity index (χ2n) is 9.11. The Bertz CT molecular complexity index is 671. The van der Waals surface area contributed by atoms with E-state index < -0.39 is 0 Å². The molecule has 1 fully saturated rings. The Morgan fingerprint density at radius 2 is 1.93 bits per heavy atom. The first kappa shape index (κ1) is 21.6. The predicted molar refractivity (Wildman–Crippen MR) is 115 cm³/mol. The Kier molecular flexibility index (Phi) is 7.16. The summed E-state index contributed by atoms with van der Waals surface area (Å²) in [6.45, 7) is 15.6. The van der Waals surface area contributed by atoms with E-state index in [2.05, 4.69) is 76.7 Å². The molecular formula is C24H37NO2. The second kappa shape index (κ2) is 8.97. The number of benzene rings is 1. The highest BCUT2D eigenvalue weighted by Crippen LogP contribution is 2.45. The molecule has 0 radical (unpaired) electrons. The Hall–Kier alpha value is -1.74. The molecule has 0 saturated heterocycles. The zero-order valence-corrected chi connectivity index (χ0v) is 18.2. The van der Waals surface area contributed by atoms with Crippen molar-refractivity contribution in [3.8, 4) is 5.75 Å². The van der Waals surface area contributed by atoms with Crippen molar-refractivity contribution in [1.82, 2.24) is 4.90 Å². The summed E-state index contributed by atoms with van der Waals surface area (Å²) in [5.74, 6) is 2.95. The van der Waals surface area contributed by atoms with E-state index in [-0.39, 0.29) is 5.41 Å². The number of hydrogen-bond acceptors (Lipinski definition) is 3. The summed E-state index contributed by atoms with van der Waals surface area (Å²) in [6, 6.07) is 7.05. The number of nitrogens with zero attached hydrogens (tertiary/aromatic N) is 1. The van der Waals surface area contributed by atoms with Crippen LogP contribution in [0.4, 0.5) is 0 Å². The number of methoxy groups -OCH3 is 1. The first-order valence-electron chi connectivity index (χ1n) is 10.0. The van der Waals surface area contributed by atoms with Crippen LogP contribution in [0.15, 0.2) is 36.7 Å². The van der Waals surface area contributed by atoms with Gasteiger partial charge in [-0.1, -0.05) is 46.8 Å². The van der Waals surface area contributed by atoms with E-state index in [0.717, 1.165) is 30.3 Å². The molecule has 3 unspecified atom stereocenters. The smallest absolute Gasteiger partial charge is 0.127 e. The highest BCUT2D eigenvalue weighted by atomic mass is 16.5. The highest BCUT2D eigenvalue weighted by Gasteiger charge is 2.50. The molecule has 0 aromatic heterocycles. The lowest BCUT2D eigenvalue weighted by molar-refractivity contribution is 0.174. The monoisotopic (exact) mass is 371 g/mol. The van der Waals surface area contributed by atoms with Crippen LogP contribution in [0, 0.1) is 17.3 Å². The van der Waals surface area contributed by atoms with Crippen molar-refractivity contribution in [2.75, 3.05) is 20.8 Å². The Morgan fingerprint density at radius 1 is 1.22 bits per heavy atom. The molecule has 0 N–H and O–H groups in total. The van der Waals surface area contributed by atoms with E-state index in [0.29, 0.717) is 17.7 Å². The number of ether oxygens (including phenoxy) is 2. The van der Waals surface area contributed by atoms with Crippen molar-refractivity contribution >= 4 is 6.08 Å². The van der Waals surface area contributed by atoms with Crippen molar-refractivity contribution in [2.45, 2.75) is 53.5 Å². The van der Waals surface area contributed by atoms with Crippen LogP contribution < -0.4 is 4.74 Å². The number of hydrogen-bond donors (Lipinski definition) is 0. The largest absolute Gasteiger partial charge is 0.463 e. The molecule has 0 bridgehead atoms. The fourth-order valence-electron chi connectivity index (χ4n) is 4.05. The maximum absolute atomic E-state index is 5.80. The molecule has 2 rings (SSSR count). The molecule has 0 spiro atoms. The van der Waals surface area contributed by atoms with Crippen molar-refractivity contribution < 1.29 is 9.47 Å². The van der Waals surface area contributed by atoms with E-state index in [1.807, 2.05) is 6.92 Å². The van der Waals surface area contributed by atoms with Gasteiger partial charge in [0.1, 0.15) is 5.75 Å². The second-order valence-corrected chi connectivity index (χ2v) is 9.11. The zero-order chi connectivity index (χ0) is 20.2. The minimum absolute atomic E-state index is 0.232. The molecule has 1 saturated carbocycles. The van der Waals surface area contributed by atoms with Crippen molar-refractivity contribution in [3.63, 3.8) is 0 Å². The van der Waals surface area contributed by atoms with E-state index in [4.69, 9.17) is 9.47 Å². The summed E-state index contributed by atoms with van der Waals surface area (Å²) < 4.78 is 11.2. The topological polar surface area (TPSA) is 21.7 Å². The maximum atomic E-state index is 5.80. The average Bonchev–Trinajstić information content (AvgIpc) is 3.23. The van der Waals surface area contributed by atoms with Gasteiger partial charge in [-0.05, 0) is 60.2 Å². The van der Waals surface area contributed by atoms with E-state index in [1.54, 1.807) is 7.11 Å². The fourth-order valence-corrected chi connectivity index (χ4v) is 4.05. The molecule has 1 aromatic rings. The minimum atomic E-state index is 0.232. The Morgan fingerprint density at radius 3 is 2.48 bits per heavy atom. The number of allylic oxidation sites excluding steroid dienone is 1. The van der Waals surface area contributed by atoms with Gasteiger partial charge in [0.05, 0.1) is 12.4 Å². The Balaban J connectivity index is 2.17. The summed E-state index contributed by atoms with van der Waals surface area (Å²) >= 11 is 0. The van der Waals surface area contributed by atoms with Crippen LogP contribution in [-0.4, -0.2) is 31.7 Å². The molecule has 0 aliphatic heterocycles. The average molecular weight is 372 g/mol. The van der Waals surface area contributed by atoms with Crippen molar-refractivity contribution in [2.24, 2.45) is 17.3 Å². The molecule has 150 valence electrons. The third-order valence-electron chi connectivity index (χ3n) is 5.10. The maximum Gasteiger partial charge on any atom is 0.127 e. The van der Waals surface area contributed by atoms with Crippen LogP contribution in [0.5, 0.6) is 5.75 Å². The summed E-state index contributed by atoms with van der Waals surface area (Å²) in [7, 11) is 3.96. The van der Waals surface area contributed by atoms with E-state index in [9.17, 15) is 0 Å². The molecule has 27 heavy (non-hydrogen) atoms. The van der Waals surface area contributed by atoms with Gasteiger partial charge >= 0.3 is 0 Å². The van der Waals surface area contributed by atoms with Gasteiger partial charge in [-0.3, -0.25) is 0 Å². The standard InChI is InChI=1S/C24H37NO2/c1-9-21-22(16-26-8)23(21)25(7)11-10-18-12-19(15-24(4,5)6)14-20(13-18)27-17(2)3/h10-14,21-23H,2,9,15-16H2,1,3-8H3/b11-10-.